The number of carboxylic acid groups (broad SMARTS) is 2. The Morgan fingerprint density at radius 1 is 0.957 bits per heavy atom. The lowest BCUT2D eigenvalue weighted by molar-refractivity contribution is -0.193. The molecule has 47 heavy (non-hydrogen) atoms. The van der Waals surface area contributed by atoms with Gasteiger partial charge < -0.3 is 32.3 Å². The molecule has 2 aliphatic rings. The van der Waals surface area contributed by atoms with Gasteiger partial charge in [-0.3, -0.25) is 4.79 Å². The first kappa shape index (κ1) is 38.5. The lowest BCUT2D eigenvalue weighted by Crippen LogP contribution is -2.38. The van der Waals surface area contributed by atoms with Crippen molar-refractivity contribution in [1.29, 1.82) is 0 Å². The van der Waals surface area contributed by atoms with Crippen LogP contribution >= 0.6 is 0 Å². The Kier molecular flexibility index (Phi) is 14.2. The lowest BCUT2D eigenvalue weighted by Gasteiger charge is -2.30. The largest absolute Gasteiger partial charge is 0.490 e. The number of aromatic nitrogens is 2. The Bertz CT molecular complexity index is 1440. The van der Waals surface area contributed by atoms with E-state index in [0.717, 1.165) is 61.4 Å². The second kappa shape index (κ2) is 17.3. The zero-order chi connectivity index (χ0) is 35.4. The van der Waals surface area contributed by atoms with Crippen LogP contribution in [-0.2, 0) is 9.59 Å². The van der Waals surface area contributed by atoms with E-state index in [1.165, 1.54) is 18.4 Å². The first-order valence-electron chi connectivity index (χ1n) is 14.6. The minimum absolute atomic E-state index is 0.0142. The van der Waals surface area contributed by atoms with Gasteiger partial charge in [-0.15, -0.1) is 0 Å². The Hall–Kier alpha value is -4.64. The zero-order valence-electron chi connectivity index (χ0n) is 25.4. The minimum Gasteiger partial charge on any atom is -0.475 e. The average molecular weight is 678 g/mol. The number of aliphatic imine (C=N–C) groups is 1. The monoisotopic (exact) mass is 677 g/mol. The van der Waals surface area contributed by atoms with Crippen molar-refractivity contribution in [1.82, 2.24) is 15.3 Å². The predicted molar refractivity (Wildman–Crippen MR) is 161 cm³/mol. The fraction of sp³-hybridized carbons (Fsp3) is 0.517. The van der Waals surface area contributed by atoms with Crippen molar-refractivity contribution < 1.29 is 50.9 Å². The highest BCUT2D eigenvalue weighted by molar-refractivity contribution is 5.96. The maximum absolute atomic E-state index is 12.9. The third kappa shape index (κ3) is 13.3. The smallest absolute Gasteiger partial charge is 0.475 e. The molecule has 0 radical (unpaired) electrons. The van der Waals surface area contributed by atoms with Crippen LogP contribution in [0.3, 0.4) is 0 Å². The number of aliphatic carboxylic acids is 2. The minimum atomic E-state index is -5.08. The average Bonchev–Trinajstić information content (AvgIpc) is 2.98. The van der Waals surface area contributed by atoms with Crippen molar-refractivity contribution >= 4 is 40.5 Å². The number of hydrogen-bond acceptors (Lipinski definition) is 7. The Morgan fingerprint density at radius 2 is 1.57 bits per heavy atom. The standard InChI is InChI=1S/C25H35N7O.2C2HF3O2/c1-16-11-12-19-18(15-16)22(30-20-9-5-6-10-21(20)31-25(26)27)32-23(29-19)24(33)28-14-13-17-7-3-2-4-8-17;2*3-2(4,5)1(6)7/h7,11-12,15,20-21H,2-6,8-10,13-14H2,1H3,(H,28,33)(H4,26,27,31)(H,29,30,32);2*(H,6,7). The van der Waals surface area contributed by atoms with Crippen LogP contribution in [0.5, 0.6) is 0 Å². The number of rotatable bonds is 7. The van der Waals surface area contributed by atoms with E-state index in [4.69, 9.17) is 31.3 Å². The van der Waals surface area contributed by atoms with Crippen LogP contribution in [0.4, 0.5) is 32.2 Å². The molecule has 8 N–H and O–H groups in total. The summed E-state index contributed by atoms with van der Waals surface area (Å²) in [5.74, 6) is -4.82. The van der Waals surface area contributed by atoms with Gasteiger partial charge in [0.1, 0.15) is 5.82 Å². The van der Waals surface area contributed by atoms with E-state index in [2.05, 4.69) is 31.7 Å². The number of carbonyl (C=O) groups is 3. The molecule has 18 heteroatoms. The van der Waals surface area contributed by atoms with Crippen LogP contribution < -0.4 is 22.1 Å². The number of aryl methyl sites for hydroxylation is 1. The van der Waals surface area contributed by atoms with Crippen LogP contribution in [0.1, 0.15) is 74.0 Å². The van der Waals surface area contributed by atoms with Crippen LogP contribution in [0, 0.1) is 6.92 Å². The highest BCUT2D eigenvalue weighted by atomic mass is 19.4. The Balaban J connectivity index is 0.000000459. The lowest BCUT2D eigenvalue weighted by atomic mass is 9.90. The normalized spacial score (nSPS) is 17.9. The molecule has 1 aromatic carbocycles. The zero-order valence-corrected chi connectivity index (χ0v) is 25.4. The number of fused-ring (bicyclic) bond motifs is 1. The molecule has 2 aliphatic carbocycles. The maximum atomic E-state index is 12.9. The molecule has 260 valence electrons. The van der Waals surface area contributed by atoms with E-state index in [1.54, 1.807) is 0 Å². The predicted octanol–water partition coefficient (Wildman–Crippen LogP) is 4.82. The van der Waals surface area contributed by atoms with Crippen molar-refractivity contribution in [3.05, 3.63) is 41.2 Å². The van der Waals surface area contributed by atoms with Crippen LogP contribution in [-0.4, -0.2) is 75.0 Å². The van der Waals surface area contributed by atoms with E-state index in [9.17, 15) is 31.1 Å². The van der Waals surface area contributed by atoms with Gasteiger partial charge in [-0.2, -0.15) is 26.3 Å². The van der Waals surface area contributed by atoms with Gasteiger partial charge >= 0.3 is 24.3 Å². The molecule has 1 aromatic heterocycles. The summed E-state index contributed by atoms with van der Waals surface area (Å²) in [5.41, 5.74) is 14.6. The Labute approximate surface area is 265 Å². The van der Waals surface area contributed by atoms with Gasteiger partial charge in [0, 0.05) is 11.9 Å². The number of carbonyl (C=O) groups excluding carboxylic acids is 1. The number of amides is 1. The molecule has 1 heterocycles. The molecule has 2 unspecified atom stereocenters. The van der Waals surface area contributed by atoms with Gasteiger partial charge in [-0.25, -0.2) is 24.5 Å². The number of nitrogens with one attached hydrogen (secondary N) is 2. The highest BCUT2D eigenvalue weighted by Gasteiger charge is 2.39. The van der Waals surface area contributed by atoms with E-state index < -0.39 is 24.3 Å². The second-order valence-electron chi connectivity index (χ2n) is 10.8. The van der Waals surface area contributed by atoms with Gasteiger partial charge in [0.15, 0.2) is 5.96 Å². The third-order valence-corrected chi connectivity index (χ3v) is 7.02. The summed E-state index contributed by atoms with van der Waals surface area (Å²) in [5, 5.41) is 21.7. The molecular weight excluding hydrogens is 640 g/mol. The summed E-state index contributed by atoms with van der Waals surface area (Å²) in [6, 6.07) is 6.02. The number of anilines is 1. The van der Waals surface area contributed by atoms with Crippen LogP contribution in [0.2, 0.25) is 0 Å². The van der Waals surface area contributed by atoms with Crippen LogP contribution in [0.15, 0.2) is 34.8 Å². The van der Waals surface area contributed by atoms with E-state index in [0.29, 0.717) is 12.4 Å². The molecule has 0 saturated heterocycles. The number of halogens is 6. The van der Waals surface area contributed by atoms with Gasteiger partial charge in [0.25, 0.3) is 5.91 Å². The summed E-state index contributed by atoms with van der Waals surface area (Å²) in [7, 11) is 0. The van der Waals surface area contributed by atoms with Crippen molar-refractivity contribution in [2.45, 2.75) is 89.1 Å². The molecule has 1 fully saturated rings. The van der Waals surface area contributed by atoms with E-state index >= 15 is 0 Å². The molecule has 0 aliphatic heterocycles. The number of benzene rings is 1. The number of alkyl halides is 6. The topological polar surface area (TPSA) is 206 Å². The van der Waals surface area contributed by atoms with Gasteiger partial charge in [-0.1, -0.05) is 36.1 Å². The second-order valence-corrected chi connectivity index (χ2v) is 10.8. The quantitative estimate of drug-likeness (QED) is 0.102. The molecule has 4 rings (SSSR count). The maximum Gasteiger partial charge on any atom is 0.490 e. The Morgan fingerprint density at radius 3 is 2.13 bits per heavy atom. The van der Waals surface area contributed by atoms with E-state index in [1.807, 2.05) is 25.1 Å². The summed E-state index contributed by atoms with van der Waals surface area (Å²) in [4.78, 5) is 44.4. The molecule has 1 amide bonds. The molecule has 2 aromatic rings. The SMILES string of the molecule is Cc1ccc2nc(C(=O)NCCC3=CCCCC3)nc(NC3CCCCC3N=C(N)N)c2c1.O=C(O)C(F)(F)F.O=C(O)C(F)(F)F. The fourth-order valence-corrected chi connectivity index (χ4v) is 4.80. The van der Waals surface area contributed by atoms with Crippen molar-refractivity contribution in [2.75, 3.05) is 11.9 Å². The molecule has 2 atom stereocenters. The number of carboxylic acids is 2. The number of nitrogens with two attached hydrogens (primary N) is 2. The summed E-state index contributed by atoms with van der Waals surface area (Å²) < 4.78 is 63.5. The van der Waals surface area contributed by atoms with Crippen LogP contribution in [0.25, 0.3) is 10.9 Å². The first-order chi connectivity index (χ1) is 21.9. The number of guanidine groups is 1. The molecule has 0 bridgehead atoms. The molecule has 0 spiro atoms. The molecular formula is C29H37F6N7O5. The highest BCUT2D eigenvalue weighted by Crippen LogP contribution is 2.28. The van der Waals surface area contributed by atoms with Gasteiger partial charge in [-0.05, 0) is 64.0 Å². The summed E-state index contributed by atoms with van der Waals surface area (Å²) >= 11 is 0. The number of nitrogens with zero attached hydrogens (tertiary/aromatic N) is 3. The number of allylic oxidation sites excluding steroid dienone is 1. The van der Waals surface area contributed by atoms with Gasteiger partial charge in [0.05, 0.1) is 17.6 Å². The van der Waals surface area contributed by atoms with Gasteiger partial charge in [0.2, 0.25) is 5.82 Å². The van der Waals surface area contributed by atoms with Crippen molar-refractivity contribution in [3.63, 3.8) is 0 Å². The third-order valence-electron chi connectivity index (χ3n) is 7.02. The molecule has 1 saturated carbocycles. The number of hydrogen-bond donors (Lipinski definition) is 6. The van der Waals surface area contributed by atoms with Crippen molar-refractivity contribution in [3.8, 4) is 0 Å². The molecule has 12 nitrogen and oxygen atoms in total. The fourth-order valence-electron chi connectivity index (χ4n) is 4.80. The summed E-state index contributed by atoms with van der Waals surface area (Å²) in [6.07, 6.45) is 1.85. The first-order valence-corrected chi connectivity index (χ1v) is 14.6. The van der Waals surface area contributed by atoms with E-state index in [-0.39, 0.29) is 29.8 Å². The van der Waals surface area contributed by atoms with Crippen molar-refractivity contribution in [2.24, 2.45) is 16.5 Å². The summed E-state index contributed by atoms with van der Waals surface area (Å²) in [6.45, 7) is 2.63.